The molecule has 7 heteroatoms. The number of carboxylic acid groups (broad SMARTS) is 1. The second kappa shape index (κ2) is 5.80. The second-order valence-corrected chi connectivity index (χ2v) is 4.63. The number of carboxylic acids is 1. The van der Waals surface area contributed by atoms with Gasteiger partial charge in [0.2, 0.25) is 0 Å². The molecule has 0 unspecified atom stereocenters. The molecule has 0 saturated heterocycles. The van der Waals surface area contributed by atoms with E-state index in [1.807, 2.05) is 0 Å². The lowest BCUT2D eigenvalue weighted by atomic mass is 10.2. The predicted octanol–water partition coefficient (Wildman–Crippen LogP) is 2.00. The zero-order chi connectivity index (χ0) is 15.6. The van der Waals surface area contributed by atoms with Crippen LogP contribution in [0.2, 0.25) is 5.02 Å². The zero-order valence-electron chi connectivity index (χ0n) is 10.9. The molecule has 0 aliphatic heterocycles. The van der Waals surface area contributed by atoms with Crippen molar-refractivity contribution >= 4 is 23.6 Å². The van der Waals surface area contributed by atoms with E-state index < -0.39 is 17.3 Å². The number of hydrogen-bond acceptors (Lipinski definition) is 4. The molecule has 0 amide bonds. The molecular weight excluding hydrogens is 296 g/mol. The van der Waals surface area contributed by atoms with Crippen LogP contribution in [-0.2, 0) is 4.79 Å². The van der Waals surface area contributed by atoms with Crippen LogP contribution >= 0.6 is 11.6 Å². The van der Waals surface area contributed by atoms with Crippen molar-refractivity contribution in [3.05, 3.63) is 57.0 Å². The maximum Gasteiger partial charge on any atom is 0.328 e. The molecule has 2 rings (SSSR count). The molecular formula is C14H11ClN2O4. The van der Waals surface area contributed by atoms with Crippen LogP contribution in [0.5, 0.6) is 5.75 Å². The van der Waals surface area contributed by atoms with Crippen LogP contribution < -0.4 is 5.56 Å². The number of hydrogen-bond donors (Lipinski definition) is 2. The van der Waals surface area contributed by atoms with Crippen LogP contribution in [0, 0.1) is 6.92 Å². The Labute approximate surface area is 124 Å². The average Bonchev–Trinajstić information content (AvgIpc) is 2.41. The van der Waals surface area contributed by atoms with Gasteiger partial charge in [0.05, 0.1) is 5.69 Å². The molecule has 2 aromatic rings. The highest BCUT2D eigenvalue weighted by molar-refractivity contribution is 6.31. The predicted molar refractivity (Wildman–Crippen MR) is 77.9 cm³/mol. The van der Waals surface area contributed by atoms with Gasteiger partial charge >= 0.3 is 5.97 Å². The first-order chi connectivity index (χ1) is 9.90. The molecule has 0 spiro atoms. The smallest absolute Gasteiger partial charge is 0.328 e. The molecule has 1 aromatic heterocycles. The van der Waals surface area contributed by atoms with Crippen molar-refractivity contribution in [3.63, 3.8) is 0 Å². The van der Waals surface area contributed by atoms with Crippen LogP contribution in [0.25, 0.3) is 11.8 Å². The van der Waals surface area contributed by atoms with Gasteiger partial charge in [-0.05, 0) is 30.7 Å². The average molecular weight is 307 g/mol. The van der Waals surface area contributed by atoms with Gasteiger partial charge in [-0.3, -0.25) is 4.79 Å². The summed E-state index contributed by atoms with van der Waals surface area (Å²) in [5.74, 6) is -1.58. The van der Waals surface area contributed by atoms with Crippen molar-refractivity contribution in [2.45, 2.75) is 6.92 Å². The van der Waals surface area contributed by atoms with Crippen LogP contribution in [0.4, 0.5) is 0 Å². The highest BCUT2D eigenvalue weighted by Crippen LogP contribution is 2.21. The number of benzene rings is 1. The molecule has 1 heterocycles. The fraction of sp³-hybridized carbons (Fsp3) is 0.0714. The normalized spacial score (nSPS) is 11.0. The first-order valence-corrected chi connectivity index (χ1v) is 6.28. The standard InChI is InChI=1S/C14H11ClN2O4/c1-8-9(15)3-2-4-11(8)17-13(19)7-12(18)10(16-17)5-6-14(20)21/h2-7,18H,1H3,(H,20,21)/b6-5+. The SMILES string of the molecule is Cc1c(Cl)cccc1-n1nc(/C=C/C(=O)O)c(O)cc1=O. The third-order valence-corrected chi connectivity index (χ3v) is 3.20. The lowest BCUT2D eigenvalue weighted by Gasteiger charge is -2.10. The van der Waals surface area contributed by atoms with Crippen LogP contribution in [0.15, 0.2) is 35.1 Å². The summed E-state index contributed by atoms with van der Waals surface area (Å²) in [5.41, 5.74) is 0.520. The molecule has 108 valence electrons. The van der Waals surface area contributed by atoms with Gasteiger partial charge in [0.15, 0.2) is 0 Å². The number of rotatable bonds is 3. The van der Waals surface area contributed by atoms with Crippen molar-refractivity contribution in [2.75, 3.05) is 0 Å². The van der Waals surface area contributed by atoms with Gasteiger partial charge in [-0.25, -0.2) is 4.79 Å². The molecule has 0 bridgehead atoms. The summed E-state index contributed by atoms with van der Waals surface area (Å²) in [6, 6.07) is 5.96. The van der Waals surface area contributed by atoms with Gasteiger partial charge in [-0.2, -0.15) is 9.78 Å². The van der Waals surface area contributed by atoms with Crippen molar-refractivity contribution in [1.29, 1.82) is 0 Å². The number of halogens is 1. The summed E-state index contributed by atoms with van der Waals surface area (Å²) < 4.78 is 1.06. The largest absolute Gasteiger partial charge is 0.505 e. The molecule has 0 aliphatic rings. The van der Waals surface area contributed by atoms with E-state index in [-0.39, 0.29) is 5.69 Å². The van der Waals surface area contributed by atoms with E-state index >= 15 is 0 Å². The first-order valence-electron chi connectivity index (χ1n) is 5.90. The van der Waals surface area contributed by atoms with Crippen molar-refractivity contribution in [1.82, 2.24) is 9.78 Å². The van der Waals surface area contributed by atoms with E-state index in [9.17, 15) is 14.7 Å². The maximum absolute atomic E-state index is 12.0. The third kappa shape index (κ3) is 3.11. The highest BCUT2D eigenvalue weighted by Gasteiger charge is 2.11. The summed E-state index contributed by atoms with van der Waals surface area (Å²) in [4.78, 5) is 22.5. The van der Waals surface area contributed by atoms with Crippen LogP contribution in [0.1, 0.15) is 11.3 Å². The van der Waals surface area contributed by atoms with Crippen LogP contribution in [0.3, 0.4) is 0 Å². The molecule has 21 heavy (non-hydrogen) atoms. The van der Waals surface area contributed by atoms with Crippen molar-refractivity contribution < 1.29 is 15.0 Å². The van der Waals surface area contributed by atoms with Gasteiger partial charge in [-0.1, -0.05) is 17.7 Å². The topological polar surface area (TPSA) is 92.4 Å². The Kier molecular flexibility index (Phi) is 4.09. The zero-order valence-corrected chi connectivity index (χ0v) is 11.7. The highest BCUT2D eigenvalue weighted by atomic mass is 35.5. The summed E-state index contributed by atoms with van der Waals surface area (Å²) in [6.07, 6.45) is 1.93. The fourth-order valence-corrected chi connectivity index (χ4v) is 1.90. The van der Waals surface area contributed by atoms with E-state index in [2.05, 4.69) is 5.10 Å². The summed E-state index contributed by atoms with van der Waals surface area (Å²) >= 11 is 6.01. The molecule has 0 aliphatic carbocycles. The number of carbonyl (C=O) groups is 1. The lowest BCUT2D eigenvalue weighted by Crippen LogP contribution is -2.21. The monoisotopic (exact) mass is 306 g/mol. The summed E-state index contributed by atoms with van der Waals surface area (Å²) in [6.45, 7) is 1.73. The molecule has 1 aromatic carbocycles. The fourth-order valence-electron chi connectivity index (χ4n) is 1.73. The van der Waals surface area contributed by atoms with E-state index in [1.54, 1.807) is 25.1 Å². The minimum atomic E-state index is -1.19. The molecule has 0 saturated carbocycles. The van der Waals surface area contributed by atoms with Gasteiger partial charge in [0.25, 0.3) is 5.56 Å². The minimum absolute atomic E-state index is 0.0311. The Bertz CT molecular complexity index is 796. The second-order valence-electron chi connectivity index (χ2n) is 4.22. The third-order valence-electron chi connectivity index (χ3n) is 2.79. The Hall–Kier alpha value is -2.60. The van der Waals surface area contributed by atoms with E-state index in [0.29, 0.717) is 16.3 Å². The quantitative estimate of drug-likeness (QED) is 0.846. The van der Waals surface area contributed by atoms with Crippen LogP contribution in [-0.4, -0.2) is 26.0 Å². The summed E-state index contributed by atoms with van der Waals surface area (Å²) in [7, 11) is 0. The van der Waals surface area contributed by atoms with Crippen molar-refractivity contribution in [3.8, 4) is 11.4 Å². The Morgan fingerprint density at radius 2 is 2.14 bits per heavy atom. The van der Waals surface area contributed by atoms with Gasteiger partial charge in [0.1, 0.15) is 11.4 Å². The molecule has 0 radical (unpaired) electrons. The molecule has 2 N–H and O–H groups in total. The van der Waals surface area contributed by atoms with Gasteiger partial charge in [-0.15, -0.1) is 0 Å². The molecule has 6 nitrogen and oxygen atoms in total. The first kappa shape index (κ1) is 14.8. The number of aromatic hydroxyl groups is 1. The van der Waals surface area contributed by atoms with Gasteiger partial charge in [0, 0.05) is 17.2 Å². The molecule has 0 fully saturated rings. The Balaban J connectivity index is 2.64. The number of aromatic nitrogens is 2. The van der Waals surface area contributed by atoms with Gasteiger partial charge < -0.3 is 10.2 Å². The van der Waals surface area contributed by atoms with Crippen molar-refractivity contribution in [2.24, 2.45) is 0 Å². The van der Waals surface area contributed by atoms with E-state index in [0.717, 1.165) is 22.9 Å². The summed E-state index contributed by atoms with van der Waals surface area (Å²) in [5, 5.41) is 22.7. The minimum Gasteiger partial charge on any atom is -0.505 e. The maximum atomic E-state index is 12.0. The molecule has 0 atom stereocenters. The van der Waals surface area contributed by atoms with E-state index in [4.69, 9.17) is 16.7 Å². The number of nitrogens with zero attached hydrogens (tertiary/aromatic N) is 2. The van der Waals surface area contributed by atoms with E-state index in [1.165, 1.54) is 0 Å². The Morgan fingerprint density at radius 1 is 1.43 bits per heavy atom. The number of aliphatic carboxylic acids is 1. The lowest BCUT2D eigenvalue weighted by molar-refractivity contribution is -0.131. The Morgan fingerprint density at radius 3 is 2.81 bits per heavy atom.